The lowest BCUT2D eigenvalue weighted by Gasteiger charge is -2.25. The van der Waals surface area contributed by atoms with E-state index in [1.165, 1.54) is 19.2 Å². The van der Waals surface area contributed by atoms with Crippen LogP contribution >= 0.6 is 11.6 Å². The van der Waals surface area contributed by atoms with Gasteiger partial charge in [0.2, 0.25) is 6.10 Å². The molecule has 0 unspecified atom stereocenters. The van der Waals surface area contributed by atoms with E-state index in [2.05, 4.69) is 10.1 Å². The van der Waals surface area contributed by atoms with Crippen molar-refractivity contribution in [2.75, 3.05) is 19.0 Å². The van der Waals surface area contributed by atoms with Crippen LogP contribution in [0.1, 0.15) is 10.4 Å². The van der Waals surface area contributed by atoms with Crippen molar-refractivity contribution in [1.82, 2.24) is 0 Å². The first-order chi connectivity index (χ1) is 11.6. The number of methoxy groups -OCH3 is 1. The summed E-state index contributed by atoms with van der Waals surface area (Å²) in [6.07, 6.45) is -0.794. The number of rotatable bonds is 3. The van der Waals surface area contributed by atoms with Crippen LogP contribution in [-0.2, 0) is 9.53 Å². The highest BCUT2D eigenvalue weighted by Gasteiger charge is 2.27. The average molecular weight is 348 g/mol. The molecule has 124 valence electrons. The van der Waals surface area contributed by atoms with Gasteiger partial charge in [-0.2, -0.15) is 0 Å². The van der Waals surface area contributed by atoms with E-state index in [0.717, 1.165) is 0 Å². The third kappa shape index (κ3) is 3.28. The van der Waals surface area contributed by atoms with Crippen molar-refractivity contribution in [1.29, 1.82) is 0 Å². The Morgan fingerprint density at radius 1 is 1.21 bits per heavy atom. The van der Waals surface area contributed by atoms with Gasteiger partial charge in [0, 0.05) is 5.69 Å². The van der Waals surface area contributed by atoms with E-state index in [4.69, 9.17) is 21.1 Å². The van der Waals surface area contributed by atoms with Gasteiger partial charge in [0.05, 0.1) is 17.7 Å². The molecule has 1 heterocycles. The van der Waals surface area contributed by atoms with Crippen LogP contribution in [0.5, 0.6) is 11.5 Å². The molecule has 0 saturated heterocycles. The van der Waals surface area contributed by atoms with E-state index in [-0.39, 0.29) is 23.1 Å². The second kappa shape index (κ2) is 6.80. The predicted molar refractivity (Wildman–Crippen MR) is 87.8 cm³/mol. The van der Waals surface area contributed by atoms with Crippen LogP contribution in [0.25, 0.3) is 0 Å². The molecular formula is C17H14ClNO5. The molecule has 0 aromatic heterocycles. The quantitative estimate of drug-likeness (QED) is 0.864. The van der Waals surface area contributed by atoms with E-state index < -0.39 is 12.1 Å². The lowest BCUT2D eigenvalue weighted by molar-refractivity contribution is -0.125. The number of anilines is 1. The zero-order valence-electron chi connectivity index (χ0n) is 12.7. The number of esters is 1. The first-order valence-corrected chi connectivity index (χ1v) is 7.53. The normalized spacial score (nSPS) is 15.5. The van der Waals surface area contributed by atoms with Crippen molar-refractivity contribution < 1.29 is 23.8 Å². The molecule has 0 aliphatic carbocycles. The first-order valence-electron chi connectivity index (χ1n) is 7.15. The van der Waals surface area contributed by atoms with Crippen LogP contribution in [-0.4, -0.2) is 31.7 Å². The highest BCUT2D eigenvalue weighted by molar-refractivity contribution is 6.33. The highest BCUT2D eigenvalue weighted by atomic mass is 35.5. The van der Waals surface area contributed by atoms with Crippen molar-refractivity contribution in [2.24, 2.45) is 0 Å². The SMILES string of the molecule is COC(=O)c1cc(NC(=O)[C@@H]2COc3ccccc3O2)ccc1Cl. The molecule has 1 N–H and O–H groups in total. The van der Waals surface area contributed by atoms with E-state index in [9.17, 15) is 9.59 Å². The Labute approximate surface area is 143 Å². The van der Waals surface area contributed by atoms with Crippen LogP contribution in [0.4, 0.5) is 5.69 Å². The van der Waals surface area contributed by atoms with Gasteiger partial charge in [-0.25, -0.2) is 4.79 Å². The Morgan fingerprint density at radius 2 is 1.96 bits per heavy atom. The Bertz CT molecular complexity index is 792. The highest BCUT2D eigenvalue weighted by Crippen LogP contribution is 2.31. The zero-order valence-corrected chi connectivity index (χ0v) is 13.5. The average Bonchev–Trinajstić information content (AvgIpc) is 2.62. The van der Waals surface area contributed by atoms with Crippen molar-refractivity contribution in [2.45, 2.75) is 6.10 Å². The van der Waals surface area contributed by atoms with Crippen molar-refractivity contribution in [3.05, 3.63) is 53.1 Å². The van der Waals surface area contributed by atoms with Gasteiger partial charge in [-0.1, -0.05) is 23.7 Å². The zero-order chi connectivity index (χ0) is 17.1. The third-order valence-electron chi connectivity index (χ3n) is 3.44. The monoisotopic (exact) mass is 347 g/mol. The van der Waals surface area contributed by atoms with Crippen molar-refractivity contribution >= 4 is 29.2 Å². The molecule has 0 fully saturated rings. The summed E-state index contributed by atoms with van der Waals surface area (Å²) < 4.78 is 15.8. The number of amides is 1. The molecular weight excluding hydrogens is 334 g/mol. The summed E-state index contributed by atoms with van der Waals surface area (Å²) in [4.78, 5) is 24.0. The smallest absolute Gasteiger partial charge is 0.339 e. The molecule has 0 spiro atoms. The van der Waals surface area contributed by atoms with Crippen molar-refractivity contribution in [3.63, 3.8) is 0 Å². The molecule has 1 aliphatic rings. The molecule has 0 radical (unpaired) electrons. The molecule has 2 aromatic rings. The van der Waals surface area contributed by atoms with Gasteiger partial charge in [0.15, 0.2) is 11.5 Å². The van der Waals surface area contributed by atoms with Gasteiger partial charge >= 0.3 is 5.97 Å². The minimum absolute atomic E-state index is 0.0975. The molecule has 0 saturated carbocycles. The van der Waals surface area contributed by atoms with Crippen LogP contribution in [0.2, 0.25) is 5.02 Å². The van der Waals surface area contributed by atoms with Gasteiger partial charge in [0.25, 0.3) is 5.91 Å². The molecule has 7 heteroatoms. The number of hydrogen-bond donors (Lipinski definition) is 1. The number of benzene rings is 2. The number of fused-ring (bicyclic) bond motifs is 1. The second-order valence-corrected chi connectivity index (χ2v) is 5.45. The number of para-hydroxylation sites is 2. The summed E-state index contributed by atoms with van der Waals surface area (Å²) in [7, 11) is 1.26. The minimum atomic E-state index is -0.794. The van der Waals surface area contributed by atoms with E-state index in [0.29, 0.717) is 17.2 Å². The van der Waals surface area contributed by atoms with Gasteiger partial charge in [-0.05, 0) is 30.3 Å². The largest absolute Gasteiger partial charge is 0.485 e. The fourth-order valence-corrected chi connectivity index (χ4v) is 2.44. The number of nitrogens with one attached hydrogen (secondary N) is 1. The summed E-state index contributed by atoms with van der Waals surface area (Å²) in [5, 5.41) is 2.92. The van der Waals surface area contributed by atoms with Gasteiger partial charge in [-0.15, -0.1) is 0 Å². The number of carbonyl (C=O) groups excluding carboxylic acids is 2. The molecule has 1 aliphatic heterocycles. The summed E-state index contributed by atoms with van der Waals surface area (Å²) in [6, 6.07) is 11.7. The second-order valence-electron chi connectivity index (χ2n) is 5.04. The number of ether oxygens (including phenoxy) is 3. The van der Waals surface area contributed by atoms with Crippen LogP contribution < -0.4 is 14.8 Å². The maximum Gasteiger partial charge on any atom is 0.339 e. The Kier molecular flexibility index (Phi) is 4.57. The van der Waals surface area contributed by atoms with Gasteiger partial charge < -0.3 is 19.5 Å². The fraction of sp³-hybridized carbons (Fsp3) is 0.176. The summed E-state index contributed by atoms with van der Waals surface area (Å²) in [5.74, 6) is 0.140. The molecule has 2 aromatic carbocycles. The fourth-order valence-electron chi connectivity index (χ4n) is 2.24. The lowest BCUT2D eigenvalue weighted by Crippen LogP contribution is -2.40. The predicted octanol–water partition coefficient (Wildman–Crippen LogP) is 2.91. The van der Waals surface area contributed by atoms with E-state index in [1.54, 1.807) is 24.3 Å². The Balaban J connectivity index is 1.73. The van der Waals surface area contributed by atoms with Crippen molar-refractivity contribution in [3.8, 4) is 11.5 Å². The summed E-state index contributed by atoms with van der Waals surface area (Å²) >= 11 is 5.95. The Morgan fingerprint density at radius 3 is 2.71 bits per heavy atom. The van der Waals surface area contributed by atoms with Crippen LogP contribution in [0.3, 0.4) is 0 Å². The standard InChI is InChI=1S/C17H14ClNO5/c1-22-17(21)11-8-10(6-7-12(11)18)19-16(20)15-9-23-13-4-2-3-5-14(13)24-15/h2-8,15H,9H2,1H3,(H,19,20)/t15-/m0/s1. The van der Waals surface area contributed by atoms with Crippen LogP contribution in [0.15, 0.2) is 42.5 Å². The molecule has 0 bridgehead atoms. The van der Waals surface area contributed by atoms with Crippen LogP contribution in [0, 0.1) is 0 Å². The number of carbonyl (C=O) groups is 2. The maximum atomic E-state index is 12.3. The first kappa shape index (κ1) is 16.1. The van der Waals surface area contributed by atoms with E-state index in [1.807, 2.05) is 6.07 Å². The van der Waals surface area contributed by atoms with Gasteiger partial charge in [-0.3, -0.25) is 4.79 Å². The molecule has 3 rings (SSSR count). The Hall–Kier alpha value is -2.73. The molecule has 1 amide bonds. The topological polar surface area (TPSA) is 73.9 Å². The van der Waals surface area contributed by atoms with E-state index >= 15 is 0 Å². The number of hydrogen-bond acceptors (Lipinski definition) is 5. The summed E-state index contributed by atoms with van der Waals surface area (Å²) in [5.41, 5.74) is 0.579. The summed E-state index contributed by atoms with van der Waals surface area (Å²) in [6.45, 7) is 0.0975. The molecule has 24 heavy (non-hydrogen) atoms. The maximum absolute atomic E-state index is 12.3. The third-order valence-corrected chi connectivity index (χ3v) is 3.77. The molecule has 1 atom stereocenters. The van der Waals surface area contributed by atoms with Gasteiger partial charge in [0.1, 0.15) is 6.61 Å². The molecule has 6 nitrogen and oxygen atoms in total. The minimum Gasteiger partial charge on any atom is -0.485 e. The lowest BCUT2D eigenvalue weighted by atomic mass is 10.2. The number of halogens is 1.